The second-order valence-corrected chi connectivity index (χ2v) is 6.48. The van der Waals surface area contributed by atoms with Gasteiger partial charge in [-0.3, -0.25) is 0 Å². The molecule has 0 aliphatic carbocycles. The summed E-state index contributed by atoms with van der Waals surface area (Å²) in [6.45, 7) is 0.667. The first-order valence-corrected chi connectivity index (χ1v) is 8.90. The number of phenolic OH excluding ortho intramolecular Hbond substituents is 1. The molecule has 28 heavy (non-hydrogen) atoms. The minimum Gasteiger partial charge on any atom is -0.505 e. The van der Waals surface area contributed by atoms with Gasteiger partial charge in [-0.25, -0.2) is 0 Å². The third-order valence-corrected chi connectivity index (χ3v) is 5.29. The summed E-state index contributed by atoms with van der Waals surface area (Å²) in [6.07, 6.45) is 0.727. The quantitative estimate of drug-likeness (QED) is 0.512. The van der Waals surface area contributed by atoms with E-state index < -0.39 is 0 Å². The summed E-state index contributed by atoms with van der Waals surface area (Å²) in [5.74, 6) is 2.94. The van der Waals surface area contributed by atoms with Crippen LogP contribution < -0.4 is 29.0 Å². The molecular formula is C21H23NO6. The predicted octanol–water partition coefficient (Wildman–Crippen LogP) is 3.71. The summed E-state index contributed by atoms with van der Waals surface area (Å²) < 4.78 is 28.0. The van der Waals surface area contributed by atoms with E-state index >= 15 is 0 Å². The molecule has 3 aromatic carbocycles. The van der Waals surface area contributed by atoms with Crippen molar-refractivity contribution in [2.45, 2.75) is 6.42 Å². The van der Waals surface area contributed by atoms with E-state index in [-0.39, 0.29) is 5.75 Å². The molecule has 1 heterocycles. The molecule has 0 fully saturated rings. The first kappa shape index (κ1) is 18.2. The van der Waals surface area contributed by atoms with E-state index in [1.165, 1.54) is 0 Å². The number of anilines is 1. The highest BCUT2D eigenvalue weighted by Gasteiger charge is 2.30. The SMILES string of the molecule is COc1cc2c(O)c3c4c(c(OC)c(OC)c(OC)c4c2cc1OC)CCN3. The van der Waals surface area contributed by atoms with Crippen molar-refractivity contribution in [3.05, 3.63) is 17.7 Å². The van der Waals surface area contributed by atoms with Gasteiger partial charge in [-0.15, -0.1) is 0 Å². The maximum atomic E-state index is 11.1. The number of aromatic hydroxyl groups is 1. The van der Waals surface area contributed by atoms with Gasteiger partial charge < -0.3 is 34.1 Å². The second kappa shape index (κ2) is 6.74. The number of hydrogen-bond donors (Lipinski definition) is 2. The Bertz CT molecular complexity index is 1090. The zero-order valence-electron chi connectivity index (χ0n) is 16.6. The average molecular weight is 385 g/mol. The molecule has 1 aliphatic rings. The Balaban J connectivity index is 2.32. The predicted molar refractivity (Wildman–Crippen MR) is 108 cm³/mol. The zero-order valence-corrected chi connectivity index (χ0v) is 16.6. The van der Waals surface area contributed by atoms with Gasteiger partial charge >= 0.3 is 0 Å². The normalized spacial score (nSPS) is 12.6. The van der Waals surface area contributed by atoms with Crippen LogP contribution in [0, 0.1) is 0 Å². The Kier molecular flexibility index (Phi) is 4.37. The van der Waals surface area contributed by atoms with Crippen LogP contribution in [0.5, 0.6) is 34.5 Å². The molecule has 0 amide bonds. The van der Waals surface area contributed by atoms with Gasteiger partial charge in [0, 0.05) is 33.7 Å². The molecule has 2 N–H and O–H groups in total. The maximum Gasteiger partial charge on any atom is 0.204 e. The van der Waals surface area contributed by atoms with E-state index in [4.69, 9.17) is 23.7 Å². The van der Waals surface area contributed by atoms with Crippen molar-refractivity contribution in [3.63, 3.8) is 0 Å². The van der Waals surface area contributed by atoms with Crippen molar-refractivity contribution in [2.24, 2.45) is 0 Å². The zero-order chi connectivity index (χ0) is 20.0. The second-order valence-electron chi connectivity index (χ2n) is 6.48. The Morgan fingerprint density at radius 2 is 1.36 bits per heavy atom. The van der Waals surface area contributed by atoms with Gasteiger partial charge in [0.15, 0.2) is 23.0 Å². The van der Waals surface area contributed by atoms with Crippen LogP contribution in [0.15, 0.2) is 12.1 Å². The lowest BCUT2D eigenvalue weighted by molar-refractivity contribution is 0.325. The third kappa shape index (κ3) is 2.28. The summed E-state index contributed by atoms with van der Waals surface area (Å²) in [4.78, 5) is 0. The largest absolute Gasteiger partial charge is 0.505 e. The number of methoxy groups -OCH3 is 5. The van der Waals surface area contributed by atoms with Crippen molar-refractivity contribution in [1.82, 2.24) is 0 Å². The third-order valence-electron chi connectivity index (χ3n) is 5.29. The highest BCUT2D eigenvalue weighted by molar-refractivity contribution is 6.22. The van der Waals surface area contributed by atoms with Gasteiger partial charge in [0.2, 0.25) is 5.75 Å². The number of benzene rings is 3. The maximum absolute atomic E-state index is 11.1. The molecule has 0 radical (unpaired) electrons. The Morgan fingerprint density at radius 3 is 1.93 bits per heavy atom. The highest BCUT2D eigenvalue weighted by atomic mass is 16.5. The molecule has 0 saturated heterocycles. The molecule has 0 aromatic heterocycles. The van der Waals surface area contributed by atoms with Crippen LogP contribution >= 0.6 is 0 Å². The summed E-state index contributed by atoms with van der Waals surface area (Å²) in [7, 11) is 7.94. The Hall–Kier alpha value is -3.22. The first-order valence-electron chi connectivity index (χ1n) is 8.90. The molecule has 7 nitrogen and oxygen atoms in total. The number of phenols is 1. The molecule has 7 heteroatoms. The fourth-order valence-electron chi connectivity index (χ4n) is 4.12. The van der Waals surface area contributed by atoms with Crippen LogP contribution in [0.2, 0.25) is 0 Å². The molecule has 3 aromatic rings. The lowest BCUT2D eigenvalue weighted by Gasteiger charge is -2.27. The van der Waals surface area contributed by atoms with Gasteiger partial charge in [0.05, 0.1) is 41.2 Å². The molecule has 0 atom stereocenters. The summed E-state index contributed by atoms with van der Waals surface area (Å²) in [5.41, 5.74) is 1.62. The van der Waals surface area contributed by atoms with Crippen molar-refractivity contribution >= 4 is 27.2 Å². The molecular weight excluding hydrogens is 362 g/mol. The molecule has 4 rings (SSSR count). The smallest absolute Gasteiger partial charge is 0.204 e. The standard InChI is InChI=1S/C21H23NO6/c1-24-13-8-11-12(9-14(13)25-2)18(23)17-15-10(6-7-22-17)19(26-3)21(28-5)20(27-4)16(11)15/h8-9,22-23H,6-7H2,1-5H3. The molecule has 0 saturated carbocycles. The van der Waals surface area contributed by atoms with Crippen LogP contribution in [0.4, 0.5) is 5.69 Å². The van der Waals surface area contributed by atoms with E-state index in [0.717, 1.165) is 28.1 Å². The summed E-state index contributed by atoms with van der Waals surface area (Å²) >= 11 is 0. The van der Waals surface area contributed by atoms with E-state index in [2.05, 4.69) is 5.32 Å². The van der Waals surface area contributed by atoms with E-state index in [9.17, 15) is 5.11 Å². The highest BCUT2D eigenvalue weighted by Crippen LogP contribution is 2.56. The van der Waals surface area contributed by atoms with Crippen LogP contribution in [-0.4, -0.2) is 47.2 Å². The topological polar surface area (TPSA) is 78.4 Å². The first-order chi connectivity index (χ1) is 13.6. The van der Waals surface area contributed by atoms with Crippen LogP contribution in [-0.2, 0) is 6.42 Å². The monoisotopic (exact) mass is 385 g/mol. The van der Waals surface area contributed by atoms with Gasteiger partial charge in [-0.2, -0.15) is 0 Å². The number of hydrogen-bond acceptors (Lipinski definition) is 7. The Morgan fingerprint density at radius 1 is 0.750 bits per heavy atom. The summed E-state index contributed by atoms with van der Waals surface area (Å²) in [6, 6.07) is 3.62. The van der Waals surface area contributed by atoms with Gasteiger partial charge in [0.25, 0.3) is 0 Å². The van der Waals surface area contributed by atoms with Crippen molar-refractivity contribution in [3.8, 4) is 34.5 Å². The molecule has 0 bridgehead atoms. The van der Waals surface area contributed by atoms with Gasteiger partial charge in [0.1, 0.15) is 5.75 Å². The van der Waals surface area contributed by atoms with Crippen molar-refractivity contribution in [1.29, 1.82) is 0 Å². The number of rotatable bonds is 5. The summed E-state index contributed by atoms with van der Waals surface area (Å²) in [5, 5.41) is 17.5. The number of nitrogens with one attached hydrogen (secondary N) is 1. The molecule has 148 valence electrons. The fraction of sp³-hybridized carbons (Fsp3) is 0.333. The van der Waals surface area contributed by atoms with Crippen molar-refractivity contribution < 1.29 is 28.8 Å². The molecule has 0 spiro atoms. The van der Waals surface area contributed by atoms with Gasteiger partial charge in [-0.1, -0.05) is 0 Å². The average Bonchev–Trinajstić information content (AvgIpc) is 2.74. The van der Waals surface area contributed by atoms with Crippen LogP contribution in [0.25, 0.3) is 21.5 Å². The van der Waals surface area contributed by atoms with E-state index in [0.29, 0.717) is 46.4 Å². The molecule has 1 aliphatic heterocycles. The minimum absolute atomic E-state index is 0.152. The number of fused-ring (bicyclic) bond motifs is 2. The van der Waals surface area contributed by atoms with E-state index in [1.807, 2.05) is 6.07 Å². The van der Waals surface area contributed by atoms with Crippen LogP contribution in [0.3, 0.4) is 0 Å². The lowest BCUT2D eigenvalue weighted by Crippen LogP contribution is -2.14. The Labute approximate surface area is 162 Å². The molecule has 0 unspecified atom stereocenters. The fourth-order valence-corrected chi connectivity index (χ4v) is 4.12. The minimum atomic E-state index is 0.152. The van der Waals surface area contributed by atoms with Crippen LogP contribution in [0.1, 0.15) is 5.56 Å². The van der Waals surface area contributed by atoms with Crippen molar-refractivity contribution in [2.75, 3.05) is 47.4 Å². The lowest BCUT2D eigenvalue weighted by atomic mass is 9.90. The van der Waals surface area contributed by atoms with Gasteiger partial charge in [-0.05, 0) is 18.6 Å². The van der Waals surface area contributed by atoms with E-state index in [1.54, 1.807) is 41.6 Å². The number of ether oxygens (including phenoxy) is 5.